The second kappa shape index (κ2) is 10.3. The summed E-state index contributed by atoms with van der Waals surface area (Å²) in [5.41, 5.74) is 3.12. The predicted molar refractivity (Wildman–Crippen MR) is 115 cm³/mol. The Morgan fingerprint density at radius 3 is 2.45 bits per heavy atom. The summed E-state index contributed by atoms with van der Waals surface area (Å²) in [6.07, 6.45) is 2.59. The fourth-order valence-electron chi connectivity index (χ4n) is 3.67. The van der Waals surface area contributed by atoms with Gasteiger partial charge in [0.2, 0.25) is 5.91 Å². The van der Waals surface area contributed by atoms with E-state index >= 15 is 0 Å². The van der Waals surface area contributed by atoms with Crippen LogP contribution < -0.4 is 14.8 Å². The number of ether oxygens (including phenoxy) is 2. The van der Waals surface area contributed by atoms with Crippen molar-refractivity contribution in [3.8, 4) is 11.5 Å². The molecule has 29 heavy (non-hydrogen) atoms. The lowest BCUT2D eigenvalue weighted by Crippen LogP contribution is -2.30. The zero-order chi connectivity index (χ0) is 20.6. The molecule has 1 aliphatic heterocycles. The Balaban J connectivity index is 1.49. The molecule has 0 unspecified atom stereocenters. The largest absolute Gasteiger partial charge is 0.497 e. The van der Waals surface area contributed by atoms with Gasteiger partial charge in [0.15, 0.2) is 0 Å². The van der Waals surface area contributed by atoms with E-state index in [2.05, 4.69) is 22.3 Å². The normalized spacial score (nSPS) is 14.2. The number of carbonyl (C=O) groups is 1. The molecule has 0 radical (unpaired) electrons. The van der Waals surface area contributed by atoms with E-state index in [1.807, 2.05) is 42.3 Å². The van der Waals surface area contributed by atoms with Crippen LogP contribution in [0.25, 0.3) is 0 Å². The maximum atomic E-state index is 12.4. The van der Waals surface area contributed by atoms with Crippen molar-refractivity contribution in [2.75, 3.05) is 46.2 Å². The highest BCUT2D eigenvalue weighted by Crippen LogP contribution is 2.25. The van der Waals surface area contributed by atoms with Crippen molar-refractivity contribution >= 4 is 11.6 Å². The minimum atomic E-state index is -0.0349. The minimum absolute atomic E-state index is 0.0349. The van der Waals surface area contributed by atoms with Crippen molar-refractivity contribution in [1.82, 2.24) is 9.80 Å². The van der Waals surface area contributed by atoms with Gasteiger partial charge in [-0.25, -0.2) is 0 Å². The van der Waals surface area contributed by atoms with Gasteiger partial charge in [0.25, 0.3) is 0 Å². The second-order valence-corrected chi connectivity index (χ2v) is 7.58. The molecule has 1 N–H and O–H groups in total. The first-order valence-electron chi connectivity index (χ1n) is 10.1. The molecule has 0 saturated carbocycles. The quantitative estimate of drug-likeness (QED) is 0.703. The van der Waals surface area contributed by atoms with E-state index in [1.165, 1.54) is 31.5 Å². The lowest BCUT2D eigenvalue weighted by atomic mass is 10.1. The highest BCUT2D eigenvalue weighted by molar-refractivity contribution is 5.92. The average Bonchev–Trinajstić information content (AvgIpc) is 3.22. The van der Waals surface area contributed by atoms with E-state index < -0.39 is 0 Å². The van der Waals surface area contributed by atoms with Gasteiger partial charge in [-0.1, -0.05) is 18.2 Å². The van der Waals surface area contributed by atoms with E-state index in [0.29, 0.717) is 13.1 Å². The summed E-state index contributed by atoms with van der Waals surface area (Å²) in [6, 6.07) is 13.9. The molecule has 1 amide bonds. The number of carbonyl (C=O) groups excluding carboxylic acids is 1. The summed E-state index contributed by atoms with van der Waals surface area (Å²) in [7, 11) is 5.19. The third kappa shape index (κ3) is 6.21. The van der Waals surface area contributed by atoms with Crippen LogP contribution in [-0.2, 0) is 17.9 Å². The number of hydrogen-bond donors (Lipinski definition) is 1. The summed E-state index contributed by atoms with van der Waals surface area (Å²) in [5.74, 6) is 1.47. The van der Waals surface area contributed by atoms with Crippen LogP contribution in [-0.4, -0.2) is 56.6 Å². The van der Waals surface area contributed by atoms with Gasteiger partial charge in [-0.3, -0.25) is 14.6 Å². The number of likely N-dealkylation sites (N-methyl/N-ethyl adjacent to an activating group) is 1. The van der Waals surface area contributed by atoms with E-state index in [0.717, 1.165) is 29.3 Å². The van der Waals surface area contributed by atoms with Gasteiger partial charge in [-0.05, 0) is 56.7 Å². The molecule has 0 atom stereocenters. The average molecular weight is 398 g/mol. The van der Waals surface area contributed by atoms with Crippen molar-refractivity contribution in [1.29, 1.82) is 0 Å². The van der Waals surface area contributed by atoms with Crippen molar-refractivity contribution in [2.45, 2.75) is 25.9 Å². The Morgan fingerprint density at radius 1 is 1.07 bits per heavy atom. The first kappa shape index (κ1) is 21.1. The fraction of sp³-hybridized carbons (Fsp3) is 0.435. The maximum Gasteiger partial charge on any atom is 0.238 e. The highest BCUT2D eigenvalue weighted by atomic mass is 16.5. The number of anilines is 1. The first-order chi connectivity index (χ1) is 14.1. The van der Waals surface area contributed by atoms with E-state index in [9.17, 15) is 4.79 Å². The van der Waals surface area contributed by atoms with Gasteiger partial charge in [-0.2, -0.15) is 0 Å². The Kier molecular flexibility index (Phi) is 7.49. The number of nitrogens with zero attached hydrogens (tertiary/aromatic N) is 2. The SMILES string of the molecule is COc1ccc(CN(C)CC(=O)Nc2ccc(CN3CCCC3)cc2)c(OC)c1. The van der Waals surface area contributed by atoms with Crippen LogP contribution in [0.4, 0.5) is 5.69 Å². The number of nitrogens with one attached hydrogen (secondary N) is 1. The van der Waals surface area contributed by atoms with Gasteiger partial charge < -0.3 is 14.8 Å². The monoisotopic (exact) mass is 397 g/mol. The molecule has 2 aromatic rings. The van der Waals surface area contributed by atoms with Crippen LogP contribution >= 0.6 is 0 Å². The summed E-state index contributed by atoms with van der Waals surface area (Å²) in [5, 5.41) is 2.98. The molecule has 0 bridgehead atoms. The molecule has 1 aliphatic rings. The maximum absolute atomic E-state index is 12.4. The number of rotatable bonds is 9. The standard InChI is InChI=1S/C23H31N3O3/c1-25(16-19-8-11-21(28-2)14-22(19)29-3)17-23(27)24-20-9-6-18(7-10-20)15-26-12-4-5-13-26/h6-11,14H,4-5,12-13,15-17H2,1-3H3,(H,24,27). The molecule has 156 valence electrons. The molecule has 1 heterocycles. The molecular formula is C23H31N3O3. The fourth-order valence-corrected chi connectivity index (χ4v) is 3.67. The Hall–Kier alpha value is -2.57. The van der Waals surface area contributed by atoms with Crippen LogP contribution in [0.3, 0.4) is 0 Å². The highest BCUT2D eigenvalue weighted by Gasteiger charge is 2.13. The van der Waals surface area contributed by atoms with Crippen LogP contribution in [0.2, 0.25) is 0 Å². The summed E-state index contributed by atoms with van der Waals surface area (Å²) in [4.78, 5) is 16.8. The van der Waals surface area contributed by atoms with Gasteiger partial charge in [0, 0.05) is 30.4 Å². The van der Waals surface area contributed by atoms with Crippen molar-refractivity contribution < 1.29 is 14.3 Å². The van der Waals surface area contributed by atoms with E-state index in [1.54, 1.807) is 14.2 Å². The summed E-state index contributed by atoms with van der Waals surface area (Å²) in [6.45, 7) is 4.26. The van der Waals surface area contributed by atoms with E-state index in [4.69, 9.17) is 9.47 Å². The molecule has 6 nitrogen and oxygen atoms in total. The predicted octanol–water partition coefficient (Wildman–Crippen LogP) is 3.37. The molecule has 0 aromatic heterocycles. The van der Waals surface area contributed by atoms with Gasteiger partial charge in [-0.15, -0.1) is 0 Å². The van der Waals surface area contributed by atoms with Crippen LogP contribution in [0.5, 0.6) is 11.5 Å². The third-order valence-corrected chi connectivity index (χ3v) is 5.19. The van der Waals surface area contributed by atoms with Crippen molar-refractivity contribution in [3.63, 3.8) is 0 Å². The number of methoxy groups -OCH3 is 2. The van der Waals surface area contributed by atoms with Crippen LogP contribution in [0.1, 0.15) is 24.0 Å². The Morgan fingerprint density at radius 2 is 1.79 bits per heavy atom. The number of hydrogen-bond acceptors (Lipinski definition) is 5. The van der Waals surface area contributed by atoms with Crippen LogP contribution in [0.15, 0.2) is 42.5 Å². The van der Waals surface area contributed by atoms with Gasteiger partial charge in [0.1, 0.15) is 11.5 Å². The summed E-state index contributed by atoms with van der Waals surface area (Å²) >= 11 is 0. The third-order valence-electron chi connectivity index (χ3n) is 5.19. The van der Waals surface area contributed by atoms with Crippen molar-refractivity contribution in [3.05, 3.63) is 53.6 Å². The molecule has 0 spiro atoms. The Labute approximate surface area is 173 Å². The zero-order valence-corrected chi connectivity index (χ0v) is 17.6. The molecule has 6 heteroatoms. The van der Waals surface area contributed by atoms with Crippen molar-refractivity contribution in [2.24, 2.45) is 0 Å². The minimum Gasteiger partial charge on any atom is -0.497 e. The first-order valence-corrected chi connectivity index (χ1v) is 10.1. The van der Waals surface area contributed by atoms with Gasteiger partial charge in [0.05, 0.1) is 20.8 Å². The molecule has 1 saturated heterocycles. The second-order valence-electron chi connectivity index (χ2n) is 7.58. The smallest absolute Gasteiger partial charge is 0.238 e. The number of benzene rings is 2. The van der Waals surface area contributed by atoms with E-state index in [-0.39, 0.29) is 5.91 Å². The molecule has 3 rings (SSSR count). The van der Waals surface area contributed by atoms with Gasteiger partial charge >= 0.3 is 0 Å². The summed E-state index contributed by atoms with van der Waals surface area (Å²) < 4.78 is 10.7. The number of amides is 1. The topological polar surface area (TPSA) is 54.0 Å². The molecule has 0 aliphatic carbocycles. The zero-order valence-electron chi connectivity index (χ0n) is 17.6. The number of likely N-dealkylation sites (tertiary alicyclic amines) is 1. The van der Waals surface area contributed by atoms with Crippen LogP contribution in [0, 0.1) is 0 Å². The molecular weight excluding hydrogens is 366 g/mol. The lowest BCUT2D eigenvalue weighted by Gasteiger charge is -2.19. The molecule has 2 aromatic carbocycles. The Bertz CT molecular complexity index is 802. The molecule has 1 fully saturated rings. The lowest BCUT2D eigenvalue weighted by molar-refractivity contribution is -0.117.